The van der Waals surface area contributed by atoms with Crippen LogP contribution in [0.4, 0.5) is 0 Å². The topological polar surface area (TPSA) is 0 Å². The second-order valence-corrected chi connectivity index (χ2v) is 10.7. The molecule has 0 aromatic heterocycles. The quantitative estimate of drug-likeness (QED) is 0.392. The Hall–Kier alpha value is -1.66. The molecule has 0 N–H and O–H groups in total. The van der Waals surface area contributed by atoms with Gasteiger partial charge in [0.05, 0.1) is 0 Å². The predicted molar refractivity (Wildman–Crippen MR) is 154 cm³/mol. The fourth-order valence-corrected chi connectivity index (χ4v) is 5.66. The summed E-state index contributed by atoms with van der Waals surface area (Å²) in [6.45, 7) is 4.64. The Balaban J connectivity index is 0.000000254. The van der Waals surface area contributed by atoms with Crippen LogP contribution in [0, 0.1) is 24.0 Å². The second kappa shape index (κ2) is 16.6. The fraction of sp³-hybridized carbons (Fsp3) is 0.333. The minimum atomic E-state index is 0. The van der Waals surface area contributed by atoms with E-state index in [0.29, 0.717) is 11.8 Å². The van der Waals surface area contributed by atoms with Crippen LogP contribution in [0.3, 0.4) is 0 Å². The van der Waals surface area contributed by atoms with Crippen LogP contribution in [0.5, 0.6) is 0 Å². The van der Waals surface area contributed by atoms with Gasteiger partial charge in [-0.1, -0.05) is 97.5 Å². The third-order valence-corrected chi connectivity index (χ3v) is 7.97. The first-order valence-corrected chi connectivity index (χ1v) is 13.7. The van der Waals surface area contributed by atoms with E-state index in [9.17, 15) is 0 Å². The van der Waals surface area contributed by atoms with Gasteiger partial charge in [0.1, 0.15) is 0 Å². The van der Waals surface area contributed by atoms with Crippen LogP contribution >= 0.6 is 0 Å². The summed E-state index contributed by atoms with van der Waals surface area (Å²) in [5.74, 6) is 1.29. The van der Waals surface area contributed by atoms with Crippen molar-refractivity contribution in [3.05, 3.63) is 130 Å². The van der Waals surface area contributed by atoms with Crippen LogP contribution in [0.15, 0.2) is 95.1 Å². The van der Waals surface area contributed by atoms with Crippen LogP contribution < -0.4 is 24.8 Å². The molecule has 0 saturated carbocycles. The number of fused-ring (bicyclic) bond motifs is 2. The van der Waals surface area contributed by atoms with E-state index in [4.69, 9.17) is 0 Å². The molecule has 200 valence electrons. The van der Waals surface area contributed by atoms with Crippen molar-refractivity contribution < 1.29 is 51.0 Å². The minimum Gasteiger partial charge on any atom is -1.00 e. The average Bonchev–Trinajstić information content (AvgIpc) is 3.71. The van der Waals surface area contributed by atoms with Gasteiger partial charge in [-0.25, -0.2) is 23.3 Å². The molecule has 6 rings (SSSR count). The SMILES string of the molecule is CC(CCC1=Cc2ccccc2C1)C1=[C-]CC=C1.CC(CCC1=Cc2ccccc2C1)C1=[C-]CC=C1.[Cl-].[Cl-].[Zr+4]. The van der Waals surface area contributed by atoms with E-state index in [1.165, 1.54) is 59.1 Å². The van der Waals surface area contributed by atoms with Crippen LogP contribution in [0.1, 0.15) is 74.6 Å². The van der Waals surface area contributed by atoms with Crippen molar-refractivity contribution in [3.8, 4) is 0 Å². The zero-order valence-corrected chi connectivity index (χ0v) is 27.1. The second-order valence-electron chi connectivity index (χ2n) is 10.7. The minimum absolute atomic E-state index is 0. The summed E-state index contributed by atoms with van der Waals surface area (Å²) >= 11 is 0. The molecule has 0 amide bonds. The van der Waals surface area contributed by atoms with E-state index in [1.54, 1.807) is 11.1 Å². The molecule has 0 radical (unpaired) electrons. The summed E-state index contributed by atoms with van der Waals surface area (Å²) in [5.41, 5.74) is 11.8. The van der Waals surface area contributed by atoms with Gasteiger partial charge < -0.3 is 24.8 Å². The molecule has 0 saturated heterocycles. The van der Waals surface area contributed by atoms with Crippen LogP contribution in [-0.4, -0.2) is 0 Å². The van der Waals surface area contributed by atoms with E-state index >= 15 is 0 Å². The number of allylic oxidation sites excluding steroid dienone is 10. The van der Waals surface area contributed by atoms with Gasteiger partial charge in [0.2, 0.25) is 0 Å². The van der Waals surface area contributed by atoms with Gasteiger partial charge >= 0.3 is 26.2 Å². The van der Waals surface area contributed by atoms with Crippen molar-refractivity contribution >= 4 is 12.2 Å². The van der Waals surface area contributed by atoms with Gasteiger partial charge in [-0.2, -0.15) is 12.2 Å². The molecule has 2 aromatic rings. The number of rotatable bonds is 8. The average molecular weight is 633 g/mol. The molecule has 39 heavy (non-hydrogen) atoms. The standard InChI is InChI=1S/2C18H19.2ClH.Zr/c2*1-14(16-6-2-3-7-16)10-11-15-12-17-8-4-5-9-18(17)13-15;;;/h2*2,4-6,8-9,12,14H,3,10-11,13H2,1H3;2*1H;/q2*-1;;;+4/p-2. The van der Waals surface area contributed by atoms with Crippen molar-refractivity contribution in [3.63, 3.8) is 0 Å². The fourth-order valence-electron chi connectivity index (χ4n) is 5.66. The summed E-state index contributed by atoms with van der Waals surface area (Å²) in [4.78, 5) is 0. The van der Waals surface area contributed by atoms with Crippen molar-refractivity contribution in [1.82, 2.24) is 0 Å². The summed E-state index contributed by atoms with van der Waals surface area (Å²) in [7, 11) is 0. The third kappa shape index (κ3) is 9.18. The maximum atomic E-state index is 3.43. The van der Waals surface area contributed by atoms with Crippen LogP contribution in [0.25, 0.3) is 12.2 Å². The van der Waals surface area contributed by atoms with Crippen LogP contribution in [-0.2, 0) is 39.0 Å². The predicted octanol–water partition coefficient (Wildman–Crippen LogP) is 3.47. The first-order chi connectivity index (χ1) is 17.7. The van der Waals surface area contributed by atoms with Crippen molar-refractivity contribution in [2.24, 2.45) is 11.8 Å². The number of hydrogen-bond acceptors (Lipinski definition) is 0. The van der Waals surface area contributed by atoms with Crippen molar-refractivity contribution in [1.29, 1.82) is 0 Å². The van der Waals surface area contributed by atoms with E-state index in [1.807, 2.05) is 0 Å². The maximum Gasteiger partial charge on any atom is 4.00 e. The zero-order valence-electron chi connectivity index (χ0n) is 23.2. The van der Waals surface area contributed by atoms with E-state index < -0.39 is 0 Å². The summed E-state index contributed by atoms with van der Waals surface area (Å²) in [5, 5.41) is 0. The van der Waals surface area contributed by atoms with Gasteiger partial charge in [-0.15, -0.1) is 12.8 Å². The van der Waals surface area contributed by atoms with Gasteiger partial charge in [0, 0.05) is 0 Å². The summed E-state index contributed by atoms with van der Waals surface area (Å²) < 4.78 is 0. The maximum absolute atomic E-state index is 3.43. The molecule has 0 heterocycles. The molecule has 0 aliphatic heterocycles. The summed E-state index contributed by atoms with van der Waals surface area (Å²) in [6, 6.07) is 17.5. The molecular weight excluding hydrogens is 595 g/mol. The smallest absolute Gasteiger partial charge is 1.00 e. The molecular formula is C36H38Cl2Zr. The van der Waals surface area contributed by atoms with Crippen molar-refractivity contribution in [2.45, 2.75) is 65.2 Å². The normalized spacial score (nSPS) is 17.1. The molecule has 2 unspecified atom stereocenters. The monoisotopic (exact) mass is 630 g/mol. The van der Waals surface area contributed by atoms with Crippen LogP contribution in [0.2, 0.25) is 0 Å². The van der Waals surface area contributed by atoms with E-state index in [0.717, 1.165) is 25.7 Å². The molecule has 4 aliphatic rings. The molecule has 0 spiro atoms. The zero-order chi connectivity index (χ0) is 24.7. The molecule has 0 fully saturated rings. The Morgan fingerprint density at radius 1 is 0.641 bits per heavy atom. The first kappa shape index (κ1) is 33.5. The first-order valence-electron chi connectivity index (χ1n) is 13.7. The number of benzene rings is 2. The van der Waals surface area contributed by atoms with Crippen molar-refractivity contribution in [2.75, 3.05) is 0 Å². The number of hydrogen-bond donors (Lipinski definition) is 0. The van der Waals surface area contributed by atoms with Gasteiger partial charge in [0.15, 0.2) is 0 Å². The Labute approximate surface area is 268 Å². The Bertz CT molecular complexity index is 1170. The van der Waals surface area contributed by atoms with E-state index in [-0.39, 0.29) is 51.0 Å². The molecule has 2 aromatic carbocycles. The van der Waals surface area contributed by atoms with Gasteiger partial charge in [-0.3, -0.25) is 12.2 Å². The van der Waals surface area contributed by atoms with E-state index in [2.05, 4.69) is 111 Å². The largest absolute Gasteiger partial charge is 4.00 e. The summed E-state index contributed by atoms with van der Waals surface area (Å²) in [6.07, 6.45) is 29.8. The van der Waals surface area contributed by atoms with Gasteiger partial charge in [0.25, 0.3) is 0 Å². The Morgan fingerprint density at radius 3 is 1.41 bits per heavy atom. The Kier molecular flexibility index (Phi) is 14.3. The molecule has 2 atom stereocenters. The molecule has 0 bridgehead atoms. The molecule has 4 aliphatic carbocycles. The molecule has 0 nitrogen and oxygen atoms in total. The Morgan fingerprint density at radius 2 is 1.05 bits per heavy atom. The molecule has 3 heteroatoms. The third-order valence-electron chi connectivity index (χ3n) is 7.97. The van der Waals surface area contributed by atoms with Gasteiger partial charge in [-0.05, 0) is 60.8 Å². The number of halogens is 2.